The van der Waals surface area contributed by atoms with Crippen LogP contribution in [0.25, 0.3) is 0 Å². The van der Waals surface area contributed by atoms with E-state index in [4.69, 9.17) is 4.74 Å². The number of ether oxygens (including phenoxy) is 1. The third kappa shape index (κ3) is 8.84. The number of hydrogen-bond donors (Lipinski definition) is 1. The highest BCUT2D eigenvalue weighted by molar-refractivity contribution is 5.81. The number of carbonyl (C=O) groups is 2. The number of carbonyl (C=O) groups excluding carboxylic acids is 2. The number of aryl methyl sites for hydroxylation is 1. The average Bonchev–Trinajstić information content (AvgIpc) is 2.41. The summed E-state index contributed by atoms with van der Waals surface area (Å²) < 4.78 is 5.15. The quantitative estimate of drug-likeness (QED) is 0.621. The summed E-state index contributed by atoms with van der Waals surface area (Å²) in [6.45, 7) is 6.07. The van der Waals surface area contributed by atoms with E-state index in [1.807, 2.05) is 39.0 Å². The lowest BCUT2D eigenvalue weighted by atomic mass is 10.1. The molecule has 0 aliphatic heterocycles. The van der Waals surface area contributed by atoms with E-state index in [2.05, 4.69) is 17.4 Å². The molecule has 1 amide bonds. The number of amides is 1. The summed E-state index contributed by atoms with van der Waals surface area (Å²) in [5.41, 5.74) is 0.768. The number of nitrogens with one attached hydrogen (secondary N) is 1. The number of rotatable bonds is 7. The maximum atomic E-state index is 11.6. The monoisotopic (exact) mass is 291 g/mol. The van der Waals surface area contributed by atoms with Crippen LogP contribution in [0.2, 0.25) is 0 Å². The van der Waals surface area contributed by atoms with Crippen molar-refractivity contribution in [1.29, 1.82) is 0 Å². The summed E-state index contributed by atoms with van der Waals surface area (Å²) >= 11 is 0. The fourth-order valence-electron chi connectivity index (χ4n) is 1.86. The molecule has 1 N–H and O–H groups in total. The Kier molecular flexibility index (Phi) is 6.92. The summed E-state index contributed by atoms with van der Waals surface area (Å²) in [6, 6.07) is 10.2. The molecule has 0 atom stereocenters. The number of hydrogen-bond acceptors (Lipinski definition) is 3. The molecular weight excluding hydrogens is 266 g/mol. The molecule has 0 aliphatic rings. The molecule has 0 saturated heterocycles. The van der Waals surface area contributed by atoms with Crippen LogP contribution >= 0.6 is 0 Å². The first-order valence-corrected chi connectivity index (χ1v) is 7.39. The van der Waals surface area contributed by atoms with Crippen molar-refractivity contribution in [3.05, 3.63) is 35.9 Å². The van der Waals surface area contributed by atoms with Crippen molar-refractivity contribution in [2.24, 2.45) is 0 Å². The van der Waals surface area contributed by atoms with Crippen LogP contribution in [-0.2, 0) is 20.7 Å². The SMILES string of the molecule is CC(C)(C)OC(=O)CCC(=O)NCCCc1ccccc1. The Morgan fingerprint density at radius 3 is 2.38 bits per heavy atom. The van der Waals surface area contributed by atoms with Crippen LogP contribution in [-0.4, -0.2) is 24.0 Å². The van der Waals surface area contributed by atoms with Gasteiger partial charge in [0.2, 0.25) is 5.91 Å². The molecular formula is C17H25NO3. The van der Waals surface area contributed by atoms with Gasteiger partial charge in [0, 0.05) is 13.0 Å². The molecule has 0 fully saturated rings. The minimum Gasteiger partial charge on any atom is -0.460 e. The second-order valence-electron chi connectivity index (χ2n) is 6.03. The molecule has 0 aromatic heterocycles. The van der Waals surface area contributed by atoms with Gasteiger partial charge in [-0.15, -0.1) is 0 Å². The predicted octanol–water partition coefficient (Wildman–Crippen LogP) is 2.86. The molecule has 0 radical (unpaired) electrons. The van der Waals surface area contributed by atoms with Gasteiger partial charge in [-0.3, -0.25) is 9.59 Å². The fourth-order valence-corrected chi connectivity index (χ4v) is 1.86. The molecule has 0 spiro atoms. The zero-order valence-corrected chi connectivity index (χ0v) is 13.1. The molecule has 0 unspecified atom stereocenters. The Hall–Kier alpha value is -1.84. The molecule has 0 heterocycles. The van der Waals surface area contributed by atoms with E-state index in [9.17, 15) is 9.59 Å². The van der Waals surface area contributed by atoms with Gasteiger partial charge in [0.05, 0.1) is 6.42 Å². The van der Waals surface area contributed by atoms with Crippen LogP contribution in [0.1, 0.15) is 45.6 Å². The molecule has 116 valence electrons. The Labute approximate surface area is 126 Å². The highest BCUT2D eigenvalue weighted by Crippen LogP contribution is 2.09. The molecule has 1 aromatic carbocycles. The van der Waals surface area contributed by atoms with Gasteiger partial charge in [-0.2, -0.15) is 0 Å². The summed E-state index contributed by atoms with van der Waals surface area (Å²) in [5.74, 6) is -0.434. The third-order valence-corrected chi connectivity index (χ3v) is 2.78. The topological polar surface area (TPSA) is 55.4 Å². The van der Waals surface area contributed by atoms with Gasteiger partial charge in [0.15, 0.2) is 0 Å². The van der Waals surface area contributed by atoms with E-state index >= 15 is 0 Å². The van der Waals surface area contributed by atoms with Gasteiger partial charge in [0.25, 0.3) is 0 Å². The van der Waals surface area contributed by atoms with Gasteiger partial charge in [-0.25, -0.2) is 0 Å². The maximum absolute atomic E-state index is 11.6. The molecule has 1 rings (SSSR count). The summed E-state index contributed by atoms with van der Waals surface area (Å²) in [5, 5.41) is 2.82. The fraction of sp³-hybridized carbons (Fsp3) is 0.529. The van der Waals surface area contributed by atoms with E-state index in [1.54, 1.807) is 0 Å². The highest BCUT2D eigenvalue weighted by Gasteiger charge is 2.16. The zero-order valence-electron chi connectivity index (χ0n) is 13.1. The molecule has 4 nitrogen and oxygen atoms in total. The van der Waals surface area contributed by atoms with Gasteiger partial charge in [-0.1, -0.05) is 30.3 Å². The Balaban J connectivity index is 2.10. The summed E-state index contributed by atoms with van der Waals surface area (Å²) in [6.07, 6.45) is 2.14. The Bertz CT molecular complexity index is 449. The van der Waals surface area contributed by atoms with Crippen LogP contribution in [0.15, 0.2) is 30.3 Å². The lowest BCUT2D eigenvalue weighted by Crippen LogP contribution is -2.27. The van der Waals surface area contributed by atoms with Gasteiger partial charge in [0.1, 0.15) is 5.60 Å². The highest BCUT2D eigenvalue weighted by atomic mass is 16.6. The van der Waals surface area contributed by atoms with Gasteiger partial charge >= 0.3 is 5.97 Å². The summed E-state index contributed by atoms with van der Waals surface area (Å²) in [4.78, 5) is 23.1. The second-order valence-corrected chi connectivity index (χ2v) is 6.03. The second kappa shape index (κ2) is 8.45. The largest absolute Gasteiger partial charge is 0.460 e. The lowest BCUT2D eigenvalue weighted by molar-refractivity contribution is -0.155. The zero-order chi connectivity index (χ0) is 15.7. The molecule has 21 heavy (non-hydrogen) atoms. The molecule has 0 saturated carbocycles. The Morgan fingerprint density at radius 1 is 1.10 bits per heavy atom. The van der Waals surface area contributed by atoms with E-state index < -0.39 is 5.60 Å². The van der Waals surface area contributed by atoms with E-state index in [1.165, 1.54) is 5.56 Å². The first-order chi connectivity index (χ1) is 9.87. The normalized spacial score (nSPS) is 11.0. The molecule has 4 heteroatoms. The van der Waals surface area contributed by atoms with Gasteiger partial charge < -0.3 is 10.1 Å². The van der Waals surface area contributed by atoms with Crippen molar-refractivity contribution >= 4 is 11.9 Å². The van der Waals surface area contributed by atoms with Crippen LogP contribution in [0.4, 0.5) is 0 Å². The average molecular weight is 291 g/mol. The first kappa shape index (κ1) is 17.2. The first-order valence-electron chi connectivity index (χ1n) is 7.39. The van der Waals surface area contributed by atoms with Crippen molar-refractivity contribution in [2.75, 3.05) is 6.54 Å². The summed E-state index contributed by atoms with van der Waals surface area (Å²) in [7, 11) is 0. The number of esters is 1. The minimum atomic E-state index is -0.497. The molecule has 1 aromatic rings. The van der Waals surface area contributed by atoms with Crippen molar-refractivity contribution < 1.29 is 14.3 Å². The van der Waals surface area contributed by atoms with Crippen LogP contribution in [0, 0.1) is 0 Å². The van der Waals surface area contributed by atoms with Crippen LogP contribution in [0.3, 0.4) is 0 Å². The van der Waals surface area contributed by atoms with E-state index in [0.29, 0.717) is 6.54 Å². The van der Waals surface area contributed by atoms with Crippen molar-refractivity contribution in [3.8, 4) is 0 Å². The van der Waals surface area contributed by atoms with Crippen molar-refractivity contribution in [1.82, 2.24) is 5.32 Å². The Morgan fingerprint density at radius 2 is 1.76 bits per heavy atom. The molecule has 0 bridgehead atoms. The third-order valence-electron chi connectivity index (χ3n) is 2.78. The van der Waals surface area contributed by atoms with Crippen LogP contribution in [0.5, 0.6) is 0 Å². The lowest BCUT2D eigenvalue weighted by Gasteiger charge is -2.19. The number of benzene rings is 1. The minimum absolute atomic E-state index is 0.103. The van der Waals surface area contributed by atoms with Crippen molar-refractivity contribution in [2.45, 2.75) is 52.1 Å². The van der Waals surface area contributed by atoms with Crippen LogP contribution < -0.4 is 5.32 Å². The predicted molar refractivity (Wildman–Crippen MR) is 82.9 cm³/mol. The standard InChI is InChI=1S/C17H25NO3/c1-17(2,3)21-16(20)12-11-15(19)18-13-7-10-14-8-5-4-6-9-14/h4-6,8-9H,7,10-13H2,1-3H3,(H,18,19). The smallest absolute Gasteiger partial charge is 0.306 e. The van der Waals surface area contributed by atoms with E-state index in [-0.39, 0.29) is 24.7 Å². The van der Waals surface area contributed by atoms with Crippen molar-refractivity contribution in [3.63, 3.8) is 0 Å². The van der Waals surface area contributed by atoms with Gasteiger partial charge in [-0.05, 0) is 39.2 Å². The molecule has 0 aliphatic carbocycles. The maximum Gasteiger partial charge on any atom is 0.306 e. The van der Waals surface area contributed by atoms with E-state index in [0.717, 1.165) is 12.8 Å².